The zero-order valence-electron chi connectivity index (χ0n) is 27.4. The van der Waals surface area contributed by atoms with Gasteiger partial charge in [-0.25, -0.2) is 24.9 Å². The van der Waals surface area contributed by atoms with E-state index in [1.165, 1.54) is 18.3 Å². The normalized spacial score (nSPS) is 10.8. The number of aryl methyl sites for hydroxylation is 3. The number of hydrazine groups is 1. The first-order valence-corrected chi connectivity index (χ1v) is 16.4. The minimum Gasteiger partial charge on any atom is -0.366 e. The lowest BCUT2D eigenvalue weighted by Gasteiger charge is -2.13. The number of hydrogen-bond acceptors (Lipinski definition) is 11. The van der Waals surface area contributed by atoms with Crippen LogP contribution in [0.15, 0.2) is 85.1 Å². The van der Waals surface area contributed by atoms with Gasteiger partial charge in [0.25, 0.3) is 5.91 Å². The van der Waals surface area contributed by atoms with E-state index in [1.54, 1.807) is 18.3 Å². The van der Waals surface area contributed by atoms with Crippen LogP contribution in [0.5, 0.6) is 0 Å². The van der Waals surface area contributed by atoms with Crippen LogP contribution < -0.4 is 21.5 Å². The fraction of sp³-hybridized carbons (Fsp3) is 0.167. The van der Waals surface area contributed by atoms with Gasteiger partial charge in [0, 0.05) is 59.3 Å². The smallest absolute Gasteiger partial charge is 0.279 e. The molecule has 0 saturated carbocycles. The van der Waals surface area contributed by atoms with Gasteiger partial charge in [-0.05, 0) is 80.4 Å². The number of aromatic nitrogens is 6. The molecule has 1 aromatic carbocycles. The van der Waals surface area contributed by atoms with E-state index in [0.29, 0.717) is 63.9 Å². The molecule has 0 aliphatic carbocycles. The first-order valence-electron chi connectivity index (χ1n) is 15.6. The number of anilines is 3. The predicted molar refractivity (Wildman–Crippen MR) is 192 cm³/mol. The van der Waals surface area contributed by atoms with Gasteiger partial charge in [0.1, 0.15) is 23.0 Å². The molecule has 0 fully saturated rings. The summed E-state index contributed by atoms with van der Waals surface area (Å²) in [7, 11) is 0. The van der Waals surface area contributed by atoms with Gasteiger partial charge in [0.05, 0.1) is 10.6 Å². The summed E-state index contributed by atoms with van der Waals surface area (Å²) in [6.45, 7) is 7.76. The highest BCUT2D eigenvalue weighted by Gasteiger charge is 2.14. The summed E-state index contributed by atoms with van der Waals surface area (Å²) in [5, 5.41) is 6.29. The second kappa shape index (κ2) is 14.8. The summed E-state index contributed by atoms with van der Waals surface area (Å²) in [4.78, 5) is 54.2. The highest BCUT2D eigenvalue weighted by Crippen LogP contribution is 2.27. The molecule has 49 heavy (non-hydrogen) atoms. The zero-order chi connectivity index (χ0) is 34.3. The maximum Gasteiger partial charge on any atom is 0.279 e. The number of rotatable bonds is 11. The van der Waals surface area contributed by atoms with E-state index < -0.39 is 0 Å². The van der Waals surface area contributed by atoms with E-state index in [-0.39, 0.29) is 11.8 Å². The van der Waals surface area contributed by atoms with E-state index in [2.05, 4.69) is 41.4 Å². The second-order valence-electron chi connectivity index (χ2n) is 11.2. The minimum absolute atomic E-state index is 0.185. The molecule has 0 saturated heterocycles. The van der Waals surface area contributed by atoms with Crippen molar-refractivity contribution in [3.63, 3.8) is 0 Å². The van der Waals surface area contributed by atoms with Crippen LogP contribution in [0.2, 0.25) is 0 Å². The molecule has 13 heteroatoms. The zero-order valence-corrected chi connectivity index (χ0v) is 28.2. The summed E-state index contributed by atoms with van der Waals surface area (Å²) >= 11 is 1.42. The van der Waals surface area contributed by atoms with E-state index in [1.807, 2.05) is 87.5 Å². The number of benzene rings is 1. The lowest BCUT2D eigenvalue weighted by atomic mass is 10.1. The van der Waals surface area contributed by atoms with Gasteiger partial charge in [0.15, 0.2) is 11.6 Å². The van der Waals surface area contributed by atoms with Crippen LogP contribution in [0.25, 0.3) is 34.3 Å². The first-order chi connectivity index (χ1) is 23.7. The van der Waals surface area contributed by atoms with Gasteiger partial charge in [0.2, 0.25) is 5.91 Å². The summed E-state index contributed by atoms with van der Waals surface area (Å²) in [6.07, 6.45) is 2.37. The summed E-state index contributed by atoms with van der Waals surface area (Å²) in [5.41, 5.74) is 11.5. The molecule has 0 spiro atoms. The number of carbonyl (C=O) groups is 2. The van der Waals surface area contributed by atoms with Crippen LogP contribution in [0.3, 0.4) is 0 Å². The minimum atomic E-state index is -0.246. The van der Waals surface area contributed by atoms with Gasteiger partial charge in [-0.15, -0.1) is 11.3 Å². The number of thiophene rings is 1. The Balaban J connectivity index is 1.26. The molecule has 0 unspecified atom stereocenters. The molecule has 0 atom stereocenters. The third-order valence-electron chi connectivity index (χ3n) is 7.22. The van der Waals surface area contributed by atoms with Gasteiger partial charge >= 0.3 is 0 Å². The Labute approximate surface area is 287 Å². The van der Waals surface area contributed by atoms with Gasteiger partial charge in [-0.3, -0.25) is 25.4 Å². The van der Waals surface area contributed by atoms with Crippen molar-refractivity contribution in [1.82, 2.24) is 35.3 Å². The van der Waals surface area contributed by atoms with Crippen LogP contribution in [-0.2, 0) is 17.8 Å². The second-order valence-corrected chi connectivity index (χ2v) is 12.5. The number of nitrogens with zero attached hydrogens (tertiary/aromatic N) is 6. The van der Waals surface area contributed by atoms with Gasteiger partial charge in [-0.2, -0.15) is 0 Å². The largest absolute Gasteiger partial charge is 0.366 e. The molecule has 2 amide bonds. The third-order valence-corrected chi connectivity index (χ3v) is 8.22. The third kappa shape index (κ3) is 8.45. The van der Waals surface area contributed by atoms with Crippen molar-refractivity contribution >= 4 is 40.5 Å². The van der Waals surface area contributed by atoms with E-state index in [9.17, 15) is 9.59 Å². The molecule has 0 bridgehead atoms. The molecule has 0 aliphatic heterocycles. The molecule has 12 nitrogen and oxygen atoms in total. The SMILES string of the molecule is CCc1cc(NNC(=O)c2ccc(C)s2)nc(-c2cccc(-c3cc(CNc4cc(C)nc(-c5ccccn5)n4)cc(NC(C)=O)c3)n2)n1. The molecular weight excluding hydrogens is 637 g/mol. The molecule has 0 radical (unpaired) electrons. The molecule has 6 aromatic rings. The van der Waals surface area contributed by atoms with Crippen LogP contribution in [-0.4, -0.2) is 41.7 Å². The molecule has 5 aromatic heterocycles. The summed E-state index contributed by atoms with van der Waals surface area (Å²) < 4.78 is 0. The maximum atomic E-state index is 12.6. The van der Waals surface area contributed by atoms with E-state index >= 15 is 0 Å². The molecule has 246 valence electrons. The monoisotopic (exact) mass is 670 g/mol. The van der Waals surface area contributed by atoms with Crippen LogP contribution in [0, 0.1) is 13.8 Å². The Morgan fingerprint density at radius 3 is 2.33 bits per heavy atom. The number of nitrogens with one attached hydrogen (secondary N) is 4. The predicted octanol–water partition coefficient (Wildman–Crippen LogP) is 6.63. The molecule has 4 N–H and O–H groups in total. The van der Waals surface area contributed by atoms with Crippen molar-refractivity contribution < 1.29 is 9.59 Å². The van der Waals surface area contributed by atoms with Crippen molar-refractivity contribution in [2.75, 3.05) is 16.1 Å². The quantitative estimate of drug-likeness (QED) is 0.110. The van der Waals surface area contributed by atoms with E-state index in [0.717, 1.165) is 27.4 Å². The summed E-state index contributed by atoms with van der Waals surface area (Å²) in [5.74, 6) is 1.61. The number of hydrogen-bond donors (Lipinski definition) is 4. The van der Waals surface area contributed by atoms with Gasteiger partial charge < -0.3 is 10.6 Å². The van der Waals surface area contributed by atoms with Crippen molar-refractivity contribution in [1.29, 1.82) is 0 Å². The van der Waals surface area contributed by atoms with Gasteiger partial charge in [-0.1, -0.05) is 19.1 Å². The van der Waals surface area contributed by atoms with E-state index in [4.69, 9.17) is 9.97 Å². The van der Waals surface area contributed by atoms with Crippen LogP contribution in [0.1, 0.15) is 45.3 Å². The lowest BCUT2D eigenvalue weighted by Crippen LogP contribution is -2.29. The average Bonchev–Trinajstić information content (AvgIpc) is 3.55. The average molecular weight is 671 g/mol. The molecule has 5 heterocycles. The Hall–Kier alpha value is -6.08. The highest BCUT2D eigenvalue weighted by molar-refractivity contribution is 7.13. The fourth-order valence-corrected chi connectivity index (χ4v) is 5.76. The highest BCUT2D eigenvalue weighted by atomic mass is 32.1. The Morgan fingerprint density at radius 2 is 1.57 bits per heavy atom. The first kappa shape index (κ1) is 32.8. The fourth-order valence-electron chi connectivity index (χ4n) is 4.99. The summed E-state index contributed by atoms with van der Waals surface area (Å²) in [6, 6.07) is 24.4. The molecular formula is C36H34N10O2S. The van der Waals surface area contributed by atoms with Crippen molar-refractivity contribution in [3.05, 3.63) is 112 Å². The standard InChI is InChI=1S/C36H34N10O2S/c1-5-26-19-33(45-46-36(48)31-13-12-22(3)49-31)44-35(41-26)30-11-8-10-28(42-30)25-16-24(17-27(18-25)40-23(4)47)20-38-32-15-21(2)39-34(43-32)29-9-6-7-14-37-29/h6-19H,5,20H2,1-4H3,(H,40,47)(H,46,48)(H,38,39,43)(H,41,44,45). The molecule has 0 aliphatic rings. The Bertz CT molecular complexity index is 2130. The van der Waals surface area contributed by atoms with Crippen molar-refractivity contribution in [3.8, 4) is 34.3 Å². The number of carbonyl (C=O) groups excluding carboxylic acids is 2. The molecule has 6 rings (SSSR count). The van der Waals surface area contributed by atoms with Crippen LogP contribution >= 0.6 is 11.3 Å². The van der Waals surface area contributed by atoms with Crippen molar-refractivity contribution in [2.45, 2.75) is 40.7 Å². The number of amides is 2. The van der Waals surface area contributed by atoms with Crippen LogP contribution in [0.4, 0.5) is 17.3 Å². The van der Waals surface area contributed by atoms with Crippen molar-refractivity contribution in [2.24, 2.45) is 0 Å². The topological polar surface area (TPSA) is 160 Å². The Kier molecular flexibility index (Phi) is 9.91. The maximum absolute atomic E-state index is 12.6. The number of pyridine rings is 2. The Morgan fingerprint density at radius 1 is 0.776 bits per heavy atom. The lowest BCUT2D eigenvalue weighted by molar-refractivity contribution is -0.114.